The van der Waals surface area contributed by atoms with Crippen LogP contribution in [-0.4, -0.2) is 16.1 Å². The zero-order valence-electron chi connectivity index (χ0n) is 10.1. The van der Waals surface area contributed by atoms with Gasteiger partial charge in [-0.25, -0.2) is 0 Å². The van der Waals surface area contributed by atoms with Gasteiger partial charge in [0, 0.05) is 18.2 Å². The van der Waals surface area contributed by atoms with Gasteiger partial charge in [-0.2, -0.15) is 0 Å². The molecule has 1 unspecified atom stereocenters. The van der Waals surface area contributed by atoms with Gasteiger partial charge in [0.1, 0.15) is 10.0 Å². The van der Waals surface area contributed by atoms with Gasteiger partial charge in [-0.05, 0) is 30.4 Å². The lowest BCUT2D eigenvalue weighted by Gasteiger charge is -2.23. The number of alkyl halides is 1. The molecule has 2 aromatic rings. The van der Waals surface area contributed by atoms with Crippen LogP contribution in [0.3, 0.4) is 0 Å². The van der Waals surface area contributed by atoms with Crippen LogP contribution in [0.25, 0.3) is 0 Å². The first-order chi connectivity index (χ1) is 8.88. The number of rotatable bonds is 3. The maximum atomic E-state index is 5.75. The Morgan fingerprint density at radius 3 is 3.06 bits per heavy atom. The molecule has 2 nitrogen and oxygen atoms in total. The molecule has 1 aromatic carbocycles. The van der Waals surface area contributed by atoms with Crippen molar-refractivity contribution < 1.29 is 0 Å². The van der Waals surface area contributed by atoms with Crippen molar-refractivity contribution in [1.82, 2.24) is 10.2 Å². The molecule has 1 aliphatic carbocycles. The molecule has 3 rings (SSSR count). The van der Waals surface area contributed by atoms with Gasteiger partial charge in [-0.1, -0.05) is 24.3 Å². The molecule has 0 amide bonds. The molecular formula is C14H15ClN2S. The van der Waals surface area contributed by atoms with Crippen LogP contribution < -0.4 is 0 Å². The van der Waals surface area contributed by atoms with Crippen molar-refractivity contribution in [3.63, 3.8) is 0 Å². The highest BCUT2D eigenvalue weighted by Crippen LogP contribution is 2.37. The Kier molecular flexibility index (Phi) is 3.62. The number of hydrogen-bond donors (Lipinski definition) is 0. The van der Waals surface area contributed by atoms with E-state index in [2.05, 4.69) is 34.5 Å². The number of hydrogen-bond acceptors (Lipinski definition) is 3. The van der Waals surface area contributed by atoms with E-state index < -0.39 is 0 Å². The Bertz CT molecular complexity index is 538. The lowest BCUT2D eigenvalue weighted by Crippen LogP contribution is -2.10. The minimum absolute atomic E-state index is 0.441. The van der Waals surface area contributed by atoms with Gasteiger partial charge in [-0.3, -0.25) is 0 Å². The third-order valence-electron chi connectivity index (χ3n) is 3.46. The van der Waals surface area contributed by atoms with Gasteiger partial charge in [0.15, 0.2) is 0 Å². The van der Waals surface area contributed by atoms with Crippen molar-refractivity contribution in [2.45, 2.75) is 31.6 Å². The van der Waals surface area contributed by atoms with E-state index in [9.17, 15) is 0 Å². The highest BCUT2D eigenvalue weighted by molar-refractivity contribution is 7.11. The molecule has 0 fully saturated rings. The Morgan fingerprint density at radius 2 is 2.17 bits per heavy atom. The minimum atomic E-state index is 0.441. The van der Waals surface area contributed by atoms with Gasteiger partial charge in [0.25, 0.3) is 0 Å². The van der Waals surface area contributed by atoms with E-state index in [-0.39, 0.29) is 0 Å². The first-order valence-corrected chi connectivity index (χ1v) is 7.69. The highest BCUT2D eigenvalue weighted by atomic mass is 35.5. The van der Waals surface area contributed by atoms with Crippen LogP contribution in [0.5, 0.6) is 0 Å². The number of aromatic nitrogens is 2. The molecule has 1 aliphatic rings. The Morgan fingerprint density at radius 1 is 1.28 bits per heavy atom. The monoisotopic (exact) mass is 278 g/mol. The zero-order chi connectivity index (χ0) is 12.4. The number of fused-ring (bicyclic) bond motifs is 1. The van der Waals surface area contributed by atoms with Crippen molar-refractivity contribution in [1.29, 1.82) is 0 Å². The summed E-state index contributed by atoms with van der Waals surface area (Å²) in [5.41, 5.74) is 2.92. The zero-order valence-corrected chi connectivity index (χ0v) is 11.7. The molecule has 94 valence electrons. The molecule has 0 spiro atoms. The van der Waals surface area contributed by atoms with E-state index >= 15 is 0 Å². The maximum Gasteiger partial charge on any atom is 0.124 e. The summed E-state index contributed by atoms with van der Waals surface area (Å²) in [7, 11) is 0. The molecule has 0 radical (unpaired) electrons. The van der Waals surface area contributed by atoms with E-state index in [4.69, 9.17) is 11.6 Å². The largest absolute Gasteiger partial charge is 0.143 e. The standard InChI is InChI=1S/C14H15ClN2S/c15-9-8-13-16-17-14(18-13)12-7-3-5-10-4-1-2-6-11(10)12/h1-2,4,6,12H,3,5,7-9H2. The molecular weight excluding hydrogens is 264 g/mol. The molecule has 18 heavy (non-hydrogen) atoms. The van der Waals surface area contributed by atoms with Crippen LogP contribution in [0.2, 0.25) is 0 Å². The van der Waals surface area contributed by atoms with Crippen molar-refractivity contribution in [3.8, 4) is 0 Å². The fraction of sp³-hybridized carbons (Fsp3) is 0.429. The van der Waals surface area contributed by atoms with Crippen molar-refractivity contribution in [2.75, 3.05) is 5.88 Å². The summed E-state index contributed by atoms with van der Waals surface area (Å²) in [4.78, 5) is 0. The average Bonchev–Trinajstić information content (AvgIpc) is 2.87. The minimum Gasteiger partial charge on any atom is -0.143 e. The average molecular weight is 279 g/mol. The SMILES string of the molecule is ClCCc1nnc(C2CCCc3ccccc32)s1. The third-order valence-corrected chi connectivity index (χ3v) is 4.74. The Hall–Kier alpha value is -0.930. The first kappa shape index (κ1) is 12.1. The second-order valence-electron chi connectivity index (χ2n) is 4.62. The van der Waals surface area contributed by atoms with Crippen molar-refractivity contribution in [2.24, 2.45) is 0 Å². The summed E-state index contributed by atoms with van der Waals surface area (Å²) in [6.45, 7) is 0. The normalized spacial score (nSPS) is 18.6. The molecule has 0 saturated heterocycles. The van der Waals surface area contributed by atoms with Gasteiger partial charge in [0.2, 0.25) is 0 Å². The predicted octanol–water partition coefficient (Wildman–Crippen LogP) is 3.79. The molecule has 4 heteroatoms. The second-order valence-corrected chi connectivity index (χ2v) is 6.09. The van der Waals surface area contributed by atoms with Gasteiger partial charge >= 0.3 is 0 Å². The lowest BCUT2D eigenvalue weighted by molar-refractivity contribution is 0.609. The summed E-state index contributed by atoms with van der Waals surface area (Å²) >= 11 is 7.47. The van der Waals surface area contributed by atoms with E-state index in [0.717, 1.165) is 16.4 Å². The Balaban J connectivity index is 1.92. The van der Waals surface area contributed by atoms with Gasteiger partial charge < -0.3 is 0 Å². The van der Waals surface area contributed by atoms with Crippen LogP contribution in [0, 0.1) is 0 Å². The Labute approximate surface area is 116 Å². The van der Waals surface area contributed by atoms with Crippen molar-refractivity contribution in [3.05, 3.63) is 45.4 Å². The van der Waals surface area contributed by atoms with Crippen molar-refractivity contribution >= 4 is 22.9 Å². The van der Waals surface area contributed by atoms with Gasteiger partial charge in [0.05, 0.1) is 0 Å². The number of aryl methyl sites for hydroxylation is 2. The second kappa shape index (κ2) is 5.37. The van der Waals surface area contributed by atoms with E-state index in [1.165, 1.54) is 30.4 Å². The van der Waals surface area contributed by atoms with Crippen LogP contribution >= 0.6 is 22.9 Å². The number of halogens is 1. The van der Waals surface area contributed by atoms with Crippen LogP contribution in [-0.2, 0) is 12.8 Å². The quantitative estimate of drug-likeness (QED) is 0.799. The summed E-state index contributed by atoms with van der Waals surface area (Å²) in [5, 5.41) is 10.8. The first-order valence-electron chi connectivity index (χ1n) is 6.34. The molecule has 0 bridgehead atoms. The van der Waals surface area contributed by atoms with Crippen LogP contribution in [0.4, 0.5) is 0 Å². The fourth-order valence-electron chi connectivity index (χ4n) is 2.60. The number of nitrogens with zero attached hydrogens (tertiary/aromatic N) is 2. The summed E-state index contributed by atoms with van der Waals surface area (Å²) in [5.74, 6) is 1.06. The van der Waals surface area contributed by atoms with Gasteiger partial charge in [-0.15, -0.1) is 33.1 Å². The fourth-order valence-corrected chi connectivity index (χ4v) is 3.89. The number of benzene rings is 1. The molecule has 1 heterocycles. The smallest absolute Gasteiger partial charge is 0.124 e. The maximum absolute atomic E-state index is 5.75. The molecule has 0 saturated carbocycles. The molecule has 0 N–H and O–H groups in total. The van der Waals surface area contributed by atoms with E-state index in [1.54, 1.807) is 11.3 Å². The van der Waals surface area contributed by atoms with Crippen LogP contribution in [0.15, 0.2) is 24.3 Å². The van der Waals surface area contributed by atoms with E-state index in [1.807, 2.05) is 0 Å². The molecule has 0 aliphatic heterocycles. The third kappa shape index (κ3) is 2.29. The summed E-state index contributed by atoms with van der Waals surface area (Å²) < 4.78 is 0. The summed E-state index contributed by atoms with van der Waals surface area (Å²) in [6, 6.07) is 8.72. The lowest BCUT2D eigenvalue weighted by atomic mass is 9.83. The molecule has 1 atom stereocenters. The summed E-state index contributed by atoms with van der Waals surface area (Å²) in [6.07, 6.45) is 4.45. The topological polar surface area (TPSA) is 25.8 Å². The highest BCUT2D eigenvalue weighted by Gasteiger charge is 2.24. The predicted molar refractivity (Wildman–Crippen MR) is 75.6 cm³/mol. The molecule has 1 aromatic heterocycles. The van der Waals surface area contributed by atoms with Crippen LogP contribution in [0.1, 0.15) is 39.9 Å². The van der Waals surface area contributed by atoms with E-state index in [0.29, 0.717) is 11.8 Å².